The molecule has 3 rings (SSSR count). The summed E-state index contributed by atoms with van der Waals surface area (Å²) in [6.07, 6.45) is 1.01. The Balaban J connectivity index is 1.75. The standard InChI is InChI=1S/C15H17N2O2S/c1-18-12-4-3-11(14(7-12)19-2)8-17-6-5-13-15(9-17)20-10-16-13/h3-4,7H,5-6,8-9H2,1-2H3. The molecule has 1 radical (unpaired) electrons. The van der Waals surface area contributed by atoms with Crippen molar-refractivity contribution in [3.63, 3.8) is 0 Å². The zero-order valence-corrected chi connectivity index (χ0v) is 12.5. The van der Waals surface area contributed by atoms with Crippen molar-refractivity contribution in [2.75, 3.05) is 20.8 Å². The lowest BCUT2D eigenvalue weighted by Crippen LogP contribution is -2.29. The van der Waals surface area contributed by atoms with Crippen molar-refractivity contribution in [2.45, 2.75) is 19.5 Å². The number of aromatic nitrogens is 1. The molecule has 0 atom stereocenters. The summed E-state index contributed by atoms with van der Waals surface area (Å²) in [5.74, 6) is 1.70. The van der Waals surface area contributed by atoms with Crippen molar-refractivity contribution in [2.24, 2.45) is 0 Å². The molecule has 20 heavy (non-hydrogen) atoms. The van der Waals surface area contributed by atoms with E-state index in [1.807, 2.05) is 12.1 Å². The zero-order valence-electron chi connectivity index (χ0n) is 11.7. The van der Waals surface area contributed by atoms with Crippen LogP contribution in [0.4, 0.5) is 0 Å². The van der Waals surface area contributed by atoms with E-state index in [0.717, 1.165) is 37.6 Å². The maximum atomic E-state index is 5.46. The monoisotopic (exact) mass is 289 g/mol. The fraction of sp³-hybridized carbons (Fsp3) is 0.400. The Labute approximate surface area is 123 Å². The van der Waals surface area contributed by atoms with E-state index in [0.29, 0.717) is 0 Å². The molecule has 0 saturated heterocycles. The second kappa shape index (κ2) is 5.81. The molecular formula is C15H17N2O2S. The molecule has 2 aromatic rings. The number of methoxy groups -OCH3 is 2. The van der Waals surface area contributed by atoms with Crippen molar-refractivity contribution in [3.8, 4) is 11.5 Å². The van der Waals surface area contributed by atoms with E-state index in [-0.39, 0.29) is 0 Å². The Bertz CT molecular complexity index is 597. The summed E-state index contributed by atoms with van der Waals surface area (Å²) in [6.45, 7) is 2.86. The van der Waals surface area contributed by atoms with E-state index in [9.17, 15) is 0 Å². The summed E-state index contributed by atoms with van der Waals surface area (Å²) >= 11 is 1.63. The maximum Gasteiger partial charge on any atom is 0.152 e. The fourth-order valence-electron chi connectivity index (χ4n) is 2.48. The highest BCUT2D eigenvalue weighted by Gasteiger charge is 2.19. The van der Waals surface area contributed by atoms with Crippen LogP contribution in [0, 0.1) is 5.51 Å². The van der Waals surface area contributed by atoms with E-state index < -0.39 is 0 Å². The molecule has 1 aliphatic rings. The van der Waals surface area contributed by atoms with Gasteiger partial charge in [0.05, 0.1) is 19.9 Å². The predicted octanol–water partition coefficient (Wildman–Crippen LogP) is 2.52. The Morgan fingerprint density at radius 2 is 2.25 bits per heavy atom. The van der Waals surface area contributed by atoms with E-state index in [1.54, 1.807) is 25.6 Å². The van der Waals surface area contributed by atoms with Crippen molar-refractivity contribution in [1.29, 1.82) is 0 Å². The SMILES string of the molecule is COc1ccc(CN2CCc3n[c]sc3C2)c(OC)c1. The first kappa shape index (κ1) is 13.4. The molecule has 105 valence electrons. The summed E-state index contributed by atoms with van der Waals surface area (Å²) in [5.41, 5.74) is 5.39. The van der Waals surface area contributed by atoms with Crippen LogP contribution in [0.3, 0.4) is 0 Å². The van der Waals surface area contributed by atoms with Gasteiger partial charge in [0.2, 0.25) is 0 Å². The Hall–Kier alpha value is -1.59. The number of ether oxygens (including phenoxy) is 2. The van der Waals surface area contributed by atoms with Gasteiger partial charge in [0.15, 0.2) is 5.51 Å². The Morgan fingerprint density at radius 1 is 1.35 bits per heavy atom. The molecule has 0 bridgehead atoms. The smallest absolute Gasteiger partial charge is 0.152 e. The van der Waals surface area contributed by atoms with Gasteiger partial charge in [-0.2, -0.15) is 0 Å². The molecule has 0 saturated carbocycles. The molecule has 0 aliphatic carbocycles. The molecule has 2 heterocycles. The quantitative estimate of drug-likeness (QED) is 0.866. The highest BCUT2D eigenvalue weighted by Crippen LogP contribution is 2.28. The third kappa shape index (κ3) is 2.64. The summed E-state index contributed by atoms with van der Waals surface area (Å²) in [6, 6.07) is 5.99. The molecular weight excluding hydrogens is 272 g/mol. The van der Waals surface area contributed by atoms with E-state index >= 15 is 0 Å². The maximum absolute atomic E-state index is 5.46. The number of hydrogen-bond donors (Lipinski definition) is 0. The first-order valence-corrected chi connectivity index (χ1v) is 7.39. The average molecular weight is 289 g/mol. The normalized spacial score (nSPS) is 14.9. The number of rotatable bonds is 4. The summed E-state index contributed by atoms with van der Waals surface area (Å²) in [7, 11) is 3.37. The van der Waals surface area contributed by atoms with Crippen LogP contribution in [0.5, 0.6) is 11.5 Å². The van der Waals surface area contributed by atoms with Gasteiger partial charge < -0.3 is 9.47 Å². The van der Waals surface area contributed by atoms with Gasteiger partial charge in [-0.05, 0) is 6.07 Å². The topological polar surface area (TPSA) is 34.6 Å². The summed E-state index contributed by atoms with van der Waals surface area (Å²) < 4.78 is 10.7. The first-order chi connectivity index (χ1) is 9.80. The van der Waals surface area contributed by atoms with Gasteiger partial charge in [0, 0.05) is 42.6 Å². The molecule has 1 aliphatic heterocycles. The molecule has 0 N–H and O–H groups in total. The fourth-order valence-corrected chi connectivity index (χ4v) is 3.26. The number of benzene rings is 1. The van der Waals surface area contributed by atoms with Crippen LogP contribution in [0.2, 0.25) is 0 Å². The zero-order chi connectivity index (χ0) is 13.9. The van der Waals surface area contributed by atoms with Crippen LogP contribution in [0.15, 0.2) is 18.2 Å². The second-order valence-electron chi connectivity index (χ2n) is 4.81. The van der Waals surface area contributed by atoms with Gasteiger partial charge in [0.25, 0.3) is 0 Å². The Kier molecular flexibility index (Phi) is 3.89. The third-order valence-electron chi connectivity index (χ3n) is 3.59. The highest BCUT2D eigenvalue weighted by atomic mass is 32.1. The van der Waals surface area contributed by atoms with Crippen LogP contribution >= 0.6 is 11.3 Å². The lowest BCUT2D eigenvalue weighted by molar-refractivity contribution is 0.243. The summed E-state index contributed by atoms with van der Waals surface area (Å²) in [4.78, 5) is 8.03. The minimum Gasteiger partial charge on any atom is -0.497 e. The number of fused-ring (bicyclic) bond motifs is 1. The van der Waals surface area contributed by atoms with Gasteiger partial charge in [-0.3, -0.25) is 4.90 Å². The van der Waals surface area contributed by atoms with Gasteiger partial charge >= 0.3 is 0 Å². The molecule has 1 aromatic heterocycles. The van der Waals surface area contributed by atoms with Gasteiger partial charge in [-0.1, -0.05) is 6.07 Å². The van der Waals surface area contributed by atoms with Crippen molar-refractivity contribution < 1.29 is 9.47 Å². The van der Waals surface area contributed by atoms with Crippen LogP contribution in [0.1, 0.15) is 16.1 Å². The lowest BCUT2D eigenvalue weighted by Gasteiger charge is -2.26. The van der Waals surface area contributed by atoms with E-state index in [4.69, 9.17) is 9.47 Å². The molecule has 0 unspecified atom stereocenters. The minimum atomic E-state index is 0.823. The number of nitrogens with zero attached hydrogens (tertiary/aromatic N) is 2. The average Bonchev–Trinajstić information content (AvgIpc) is 2.95. The largest absolute Gasteiger partial charge is 0.497 e. The molecule has 1 aromatic carbocycles. The Morgan fingerprint density at radius 3 is 3.05 bits per heavy atom. The van der Waals surface area contributed by atoms with E-state index in [1.165, 1.54) is 16.1 Å². The van der Waals surface area contributed by atoms with Crippen LogP contribution < -0.4 is 9.47 Å². The van der Waals surface area contributed by atoms with Gasteiger partial charge in [-0.25, -0.2) is 4.98 Å². The van der Waals surface area contributed by atoms with Crippen LogP contribution in [-0.4, -0.2) is 30.6 Å². The molecule has 0 amide bonds. The van der Waals surface area contributed by atoms with Crippen molar-refractivity contribution >= 4 is 11.3 Å². The number of hydrogen-bond acceptors (Lipinski definition) is 5. The van der Waals surface area contributed by atoms with Crippen molar-refractivity contribution in [1.82, 2.24) is 9.88 Å². The molecule has 4 nitrogen and oxygen atoms in total. The van der Waals surface area contributed by atoms with Gasteiger partial charge in [-0.15, -0.1) is 11.3 Å². The molecule has 0 fully saturated rings. The molecule has 0 spiro atoms. The lowest BCUT2D eigenvalue weighted by atomic mass is 10.1. The third-order valence-corrected chi connectivity index (χ3v) is 4.39. The predicted molar refractivity (Wildman–Crippen MR) is 78.3 cm³/mol. The minimum absolute atomic E-state index is 0.823. The van der Waals surface area contributed by atoms with Crippen molar-refractivity contribution in [3.05, 3.63) is 39.8 Å². The van der Waals surface area contributed by atoms with Crippen LogP contribution in [-0.2, 0) is 19.5 Å². The highest BCUT2D eigenvalue weighted by molar-refractivity contribution is 7.09. The first-order valence-electron chi connectivity index (χ1n) is 6.58. The van der Waals surface area contributed by atoms with E-state index in [2.05, 4.69) is 21.5 Å². The van der Waals surface area contributed by atoms with Crippen LogP contribution in [0.25, 0.3) is 0 Å². The van der Waals surface area contributed by atoms with Gasteiger partial charge in [0.1, 0.15) is 11.5 Å². The molecule has 5 heteroatoms. The summed E-state index contributed by atoms with van der Waals surface area (Å²) in [5, 5.41) is 0. The number of thiazole rings is 1. The second-order valence-corrected chi connectivity index (χ2v) is 5.69.